The van der Waals surface area contributed by atoms with Crippen LogP contribution in [-0.2, 0) is 10.3 Å². The van der Waals surface area contributed by atoms with E-state index in [1.54, 1.807) is 0 Å². The molecule has 0 aliphatic heterocycles. The summed E-state index contributed by atoms with van der Waals surface area (Å²) < 4.78 is 6.21. The minimum atomic E-state index is -0.124. The van der Waals surface area contributed by atoms with E-state index in [4.69, 9.17) is 9.72 Å². The third-order valence-corrected chi connectivity index (χ3v) is 5.59. The Kier molecular flexibility index (Phi) is 5.58. The molecule has 3 atom stereocenters. The van der Waals surface area contributed by atoms with E-state index in [-0.39, 0.29) is 5.60 Å². The minimum Gasteiger partial charge on any atom is -0.368 e. The van der Waals surface area contributed by atoms with E-state index >= 15 is 0 Å². The monoisotopic (exact) mass is 296 g/mol. The zero-order valence-corrected chi connectivity index (χ0v) is 14.1. The first kappa shape index (κ1) is 15.9. The Morgan fingerprint density at radius 2 is 2.35 bits per heavy atom. The van der Waals surface area contributed by atoms with Gasteiger partial charge in [0.05, 0.1) is 0 Å². The number of nitrogens with zero attached hydrogens (tertiary/aromatic N) is 1. The van der Waals surface area contributed by atoms with Crippen molar-refractivity contribution >= 4 is 11.3 Å². The van der Waals surface area contributed by atoms with Crippen molar-refractivity contribution in [2.45, 2.75) is 65.0 Å². The Balaban J connectivity index is 2.21. The number of rotatable bonds is 6. The highest BCUT2D eigenvalue weighted by atomic mass is 32.1. The maximum atomic E-state index is 6.21. The second-order valence-corrected chi connectivity index (χ2v) is 7.04. The van der Waals surface area contributed by atoms with E-state index in [1.165, 1.54) is 22.7 Å². The molecule has 0 radical (unpaired) electrons. The quantitative estimate of drug-likeness (QED) is 0.852. The molecule has 1 aromatic heterocycles. The van der Waals surface area contributed by atoms with Crippen LogP contribution in [0, 0.1) is 5.92 Å². The first-order chi connectivity index (χ1) is 9.61. The van der Waals surface area contributed by atoms with Gasteiger partial charge in [-0.1, -0.05) is 20.3 Å². The third kappa shape index (κ3) is 3.41. The lowest BCUT2D eigenvalue weighted by atomic mass is 9.79. The summed E-state index contributed by atoms with van der Waals surface area (Å²) in [5.41, 5.74) is -0.124. The van der Waals surface area contributed by atoms with E-state index in [0.29, 0.717) is 6.04 Å². The van der Waals surface area contributed by atoms with Gasteiger partial charge >= 0.3 is 0 Å². The molecule has 1 aromatic rings. The van der Waals surface area contributed by atoms with E-state index in [0.717, 1.165) is 31.9 Å². The maximum absolute atomic E-state index is 6.21. The number of aromatic nitrogens is 1. The van der Waals surface area contributed by atoms with Crippen molar-refractivity contribution < 1.29 is 4.74 Å². The second-order valence-electron chi connectivity index (χ2n) is 5.98. The van der Waals surface area contributed by atoms with Gasteiger partial charge in [0.15, 0.2) is 0 Å². The lowest BCUT2D eigenvalue weighted by molar-refractivity contribution is -0.0820. The van der Waals surface area contributed by atoms with Crippen molar-refractivity contribution in [2.75, 3.05) is 13.2 Å². The highest BCUT2D eigenvalue weighted by Crippen LogP contribution is 2.44. The van der Waals surface area contributed by atoms with Crippen LogP contribution in [0.25, 0.3) is 0 Å². The van der Waals surface area contributed by atoms with Gasteiger partial charge in [0.1, 0.15) is 10.6 Å². The summed E-state index contributed by atoms with van der Waals surface area (Å²) in [5.74, 6) is 0.730. The molecule has 1 heterocycles. The first-order valence-corrected chi connectivity index (χ1v) is 8.76. The molecule has 1 saturated carbocycles. The van der Waals surface area contributed by atoms with Gasteiger partial charge in [0.25, 0.3) is 0 Å². The summed E-state index contributed by atoms with van der Waals surface area (Å²) >= 11 is 1.83. The molecule has 1 fully saturated rings. The molecule has 1 aliphatic carbocycles. The summed E-state index contributed by atoms with van der Waals surface area (Å²) in [4.78, 5) is 6.04. The van der Waals surface area contributed by atoms with Crippen LogP contribution in [0.2, 0.25) is 0 Å². The molecule has 114 valence electrons. The molecule has 0 aromatic carbocycles. The largest absolute Gasteiger partial charge is 0.368 e. The molecule has 2 rings (SSSR count). The fraction of sp³-hybridized carbons (Fsp3) is 0.812. The third-order valence-electron chi connectivity index (χ3n) is 4.23. The minimum absolute atomic E-state index is 0.124. The summed E-state index contributed by atoms with van der Waals surface area (Å²) in [6.45, 7) is 10.5. The van der Waals surface area contributed by atoms with Gasteiger partial charge in [-0.25, -0.2) is 4.98 Å². The molecule has 4 heteroatoms. The highest BCUT2D eigenvalue weighted by Gasteiger charge is 2.40. The fourth-order valence-corrected chi connectivity index (χ4v) is 4.40. The smallest absolute Gasteiger partial charge is 0.125 e. The molecule has 3 unspecified atom stereocenters. The van der Waals surface area contributed by atoms with E-state index in [1.807, 2.05) is 17.5 Å². The average molecular weight is 296 g/mol. The maximum Gasteiger partial charge on any atom is 0.125 e. The van der Waals surface area contributed by atoms with Crippen molar-refractivity contribution in [1.29, 1.82) is 0 Å². The predicted molar refractivity (Wildman–Crippen MR) is 85.1 cm³/mol. The van der Waals surface area contributed by atoms with E-state index in [2.05, 4.69) is 33.0 Å². The van der Waals surface area contributed by atoms with Crippen molar-refractivity contribution in [3.63, 3.8) is 0 Å². The van der Waals surface area contributed by atoms with Crippen molar-refractivity contribution in [3.05, 3.63) is 16.1 Å². The Labute approximate surface area is 127 Å². The van der Waals surface area contributed by atoms with Crippen LogP contribution < -0.4 is 5.32 Å². The standard InChI is InChI=1S/C16H28N2OS/c1-5-17-13(4)14-11-18-15(20-14)16(19-6-2)9-7-8-12(3)10-16/h11-13,17H,5-10H2,1-4H3. The lowest BCUT2D eigenvalue weighted by Crippen LogP contribution is -2.35. The van der Waals surface area contributed by atoms with E-state index < -0.39 is 0 Å². The van der Waals surface area contributed by atoms with Gasteiger partial charge in [0.2, 0.25) is 0 Å². The highest BCUT2D eigenvalue weighted by molar-refractivity contribution is 7.11. The molecular formula is C16H28N2OS. The van der Waals surface area contributed by atoms with Gasteiger partial charge in [0, 0.05) is 23.7 Å². The summed E-state index contributed by atoms with van der Waals surface area (Å²) in [7, 11) is 0. The van der Waals surface area contributed by atoms with Crippen LogP contribution in [0.1, 0.15) is 69.3 Å². The van der Waals surface area contributed by atoms with Gasteiger partial charge < -0.3 is 10.1 Å². The second kappa shape index (κ2) is 7.01. The zero-order chi connectivity index (χ0) is 14.6. The molecule has 0 bridgehead atoms. The van der Waals surface area contributed by atoms with Crippen LogP contribution in [0.15, 0.2) is 6.20 Å². The van der Waals surface area contributed by atoms with Gasteiger partial charge in [-0.15, -0.1) is 11.3 Å². The summed E-state index contributed by atoms with van der Waals surface area (Å²) in [5, 5.41) is 4.65. The number of nitrogens with one attached hydrogen (secondary N) is 1. The zero-order valence-electron chi connectivity index (χ0n) is 13.2. The van der Waals surface area contributed by atoms with Crippen molar-refractivity contribution in [2.24, 2.45) is 5.92 Å². The van der Waals surface area contributed by atoms with Crippen LogP contribution in [0.4, 0.5) is 0 Å². The molecule has 1 aliphatic rings. The number of thiazole rings is 1. The Bertz CT molecular complexity index is 416. The molecule has 20 heavy (non-hydrogen) atoms. The molecule has 0 saturated heterocycles. The molecule has 3 nitrogen and oxygen atoms in total. The lowest BCUT2D eigenvalue weighted by Gasteiger charge is -2.38. The fourth-order valence-electron chi connectivity index (χ4n) is 3.27. The Morgan fingerprint density at radius 3 is 3.00 bits per heavy atom. The molecule has 0 spiro atoms. The molecule has 1 N–H and O–H groups in total. The van der Waals surface area contributed by atoms with Crippen molar-refractivity contribution in [1.82, 2.24) is 10.3 Å². The topological polar surface area (TPSA) is 34.2 Å². The Hall–Kier alpha value is -0.450. The van der Waals surface area contributed by atoms with Crippen molar-refractivity contribution in [3.8, 4) is 0 Å². The summed E-state index contributed by atoms with van der Waals surface area (Å²) in [6, 6.07) is 0.381. The average Bonchev–Trinajstić information content (AvgIpc) is 2.89. The van der Waals surface area contributed by atoms with Crippen LogP contribution in [-0.4, -0.2) is 18.1 Å². The van der Waals surface area contributed by atoms with Crippen LogP contribution >= 0.6 is 11.3 Å². The first-order valence-electron chi connectivity index (χ1n) is 7.94. The number of ether oxygens (including phenoxy) is 1. The normalized spacial score (nSPS) is 28.5. The molecule has 0 amide bonds. The van der Waals surface area contributed by atoms with E-state index in [9.17, 15) is 0 Å². The van der Waals surface area contributed by atoms with Gasteiger partial charge in [-0.2, -0.15) is 0 Å². The number of hydrogen-bond donors (Lipinski definition) is 1. The SMILES string of the molecule is CCNC(C)c1cnc(C2(OCC)CCCC(C)C2)s1. The van der Waals surface area contributed by atoms with Crippen LogP contribution in [0.3, 0.4) is 0 Å². The predicted octanol–water partition coefficient (Wildman–Crippen LogP) is 4.26. The Morgan fingerprint density at radius 1 is 1.55 bits per heavy atom. The summed E-state index contributed by atoms with van der Waals surface area (Å²) in [6.07, 6.45) is 6.84. The molecular weight excluding hydrogens is 268 g/mol. The number of hydrogen-bond acceptors (Lipinski definition) is 4. The van der Waals surface area contributed by atoms with Gasteiger partial charge in [-0.05, 0) is 45.6 Å². The van der Waals surface area contributed by atoms with Crippen LogP contribution in [0.5, 0.6) is 0 Å². The van der Waals surface area contributed by atoms with Gasteiger partial charge in [-0.3, -0.25) is 0 Å².